The number of nitrogens with one attached hydrogen (secondary N) is 1. The molecular weight excluding hydrogens is 222 g/mol. The van der Waals surface area contributed by atoms with Crippen LogP contribution in [0.1, 0.15) is 11.1 Å². The van der Waals surface area contributed by atoms with Crippen LogP contribution in [0.5, 0.6) is 5.75 Å². The topological polar surface area (TPSA) is 13.7 Å². The average Bonchev–Trinajstić information content (AvgIpc) is 2.32. The monoisotopic (exact) mass is 246 g/mol. The van der Waals surface area contributed by atoms with Crippen LogP contribution in [0, 0.1) is 13.8 Å². The third kappa shape index (κ3) is 4.76. The Labute approximate surface area is 111 Å². The molecule has 0 aromatic heterocycles. The molecule has 0 bridgehead atoms. The van der Waals surface area contributed by atoms with Gasteiger partial charge in [-0.3, -0.25) is 0 Å². The number of benzene rings is 1. The van der Waals surface area contributed by atoms with E-state index in [-0.39, 0.29) is 0 Å². The molecule has 0 aliphatic rings. The first-order chi connectivity index (χ1) is 8.67. The summed E-state index contributed by atoms with van der Waals surface area (Å²) in [7, 11) is 0. The zero-order chi connectivity index (χ0) is 13.4. The highest BCUT2D eigenvalue weighted by Gasteiger charge is 2.05. The SMILES string of the molecule is C=CC[NH+](CC=C)CCOc1ccc(C)cc1C. The molecule has 98 valence electrons. The quantitative estimate of drug-likeness (QED) is 0.692. The molecule has 0 atom stereocenters. The highest BCUT2D eigenvalue weighted by atomic mass is 16.5. The number of rotatable bonds is 8. The van der Waals surface area contributed by atoms with Gasteiger partial charge in [0.05, 0.1) is 13.1 Å². The maximum absolute atomic E-state index is 5.83. The van der Waals surface area contributed by atoms with Crippen molar-refractivity contribution in [1.82, 2.24) is 0 Å². The van der Waals surface area contributed by atoms with Crippen molar-refractivity contribution in [3.63, 3.8) is 0 Å². The molecule has 0 saturated carbocycles. The van der Waals surface area contributed by atoms with E-state index < -0.39 is 0 Å². The summed E-state index contributed by atoms with van der Waals surface area (Å²) in [5.74, 6) is 0.983. The predicted octanol–water partition coefficient (Wildman–Crippen LogP) is 1.94. The van der Waals surface area contributed by atoms with Gasteiger partial charge in [0.2, 0.25) is 0 Å². The van der Waals surface area contributed by atoms with Gasteiger partial charge in [0.15, 0.2) is 0 Å². The molecule has 1 rings (SSSR count). The van der Waals surface area contributed by atoms with E-state index in [1.54, 1.807) is 0 Å². The summed E-state index contributed by atoms with van der Waals surface area (Å²) in [5.41, 5.74) is 2.47. The Balaban J connectivity index is 2.44. The molecular formula is C16H24NO+. The maximum atomic E-state index is 5.83. The first-order valence-electron chi connectivity index (χ1n) is 6.42. The lowest BCUT2D eigenvalue weighted by Crippen LogP contribution is -3.12. The van der Waals surface area contributed by atoms with Gasteiger partial charge in [0, 0.05) is 0 Å². The lowest BCUT2D eigenvalue weighted by atomic mass is 10.1. The van der Waals surface area contributed by atoms with E-state index in [0.717, 1.165) is 32.0 Å². The third-order valence-corrected chi connectivity index (χ3v) is 2.91. The standard InChI is InChI=1S/C16H23NO/c1-5-9-17(10-6-2)11-12-18-16-8-7-14(3)13-15(16)4/h5-8,13H,1-2,9-12H2,3-4H3/p+1. The van der Waals surface area contributed by atoms with Crippen LogP contribution in [-0.2, 0) is 0 Å². The average molecular weight is 246 g/mol. The first-order valence-corrected chi connectivity index (χ1v) is 6.42. The number of hydrogen-bond acceptors (Lipinski definition) is 1. The molecule has 18 heavy (non-hydrogen) atoms. The van der Waals surface area contributed by atoms with Gasteiger partial charge in [-0.15, -0.1) is 0 Å². The molecule has 2 heteroatoms. The van der Waals surface area contributed by atoms with Crippen molar-refractivity contribution in [1.29, 1.82) is 0 Å². The van der Waals surface area contributed by atoms with Crippen LogP contribution in [-0.4, -0.2) is 26.2 Å². The second-order valence-corrected chi connectivity index (χ2v) is 4.60. The summed E-state index contributed by atoms with van der Waals surface area (Å²) >= 11 is 0. The Hall–Kier alpha value is -1.54. The van der Waals surface area contributed by atoms with Crippen molar-refractivity contribution in [3.05, 3.63) is 54.6 Å². The minimum atomic E-state index is 0.723. The van der Waals surface area contributed by atoms with Crippen molar-refractivity contribution < 1.29 is 9.64 Å². The van der Waals surface area contributed by atoms with E-state index in [9.17, 15) is 0 Å². The minimum absolute atomic E-state index is 0.723. The van der Waals surface area contributed by atoms with Crippen molar-refractivity contribution >= 4 is 0 Å². The van der Waals surface area contributed by atoms with Gasteiger partial charge in [-0.05, 0) is 37.6 Å². The van der Waals surface area contributed by atoms with Crippen molar-refractivity contribution in [3.8, 4) is 5.75 Å². The van der Waals surface area contributed by atoms with Gasteiger partial charge in [-0.1, -0.05) is 30.9 Å². The fourth-order valence-electron chi connectivity index (χ4n) is 1.96. The van der Waals surface area contributed by atoms with Crippen LogP contribution in [0.3, 0.4) is 0 Å². The Bertz CT molecular complexity index is 388. The van der Waals surface area contributed by atoms with E-state index in [0.29, 0.717) is 0 Å². The third-order valence-electron chi connectivity index (χ3n) is 2.91. The Morgan fingerprint density at radius 3 is 2.39 bits per heavy atom. The van der Waals surface area contributed by atoms with E-state index in [2.05, 4.69) is 39.1 Å². The van der Waals surface area contributed by atoms with Crippen LogP contribution in [0.4, 0.5) is 0 Å². The lowest BCUT2D eigenvalue weighted by Gasteiger charge is -2.17. The van der Waals surface area contributed by atoms with Gasteiger partial charge in [-0.2, -0.15) is 0 Å². The normalized spacial score (nSPS) is 10.4. The number of aryl methyl sites for hydroxylation is 2. The Morgan fingerprint density at radius 1 is 1.17 bits per heavy atom. The van der Waals surface area contributed by atoms with Crippen LogP contribution in [0.2, 0.25) is 0 Å². The molecule has 0 unspecified atom stereocenters. The van der Waals surface area contributed by atoms with Gasteiger partial charge in [0.1, 0.15) is 18.9 Å². The van der Waals surface area contributed by atoms with Crippen molar-refractivity contribution in [2.75, 3.05) is 26.2 Å². The molecule has 0 aliphatic heterocycles. The van der Waals surface area contributed by atoms with Crippen LogP contribution in [0.15, 0.2) is 43.5 Å². The van der Waals surface area contributed by atoms with Gasteiger partial charge >= 0.3 is 0 Å². The van der Waals surface area contributed by atoms with Gasteiger partial charge < -0.3 is 9.64 Å². The van der Waals surface area contributed by atoms with Crippen LogP contribution >= 0.6 is 0 Å². The molecule has 0 aliphatic carbocycles. The highest BCUT2D eigenvalue weighted by molar-refractivity contribution is 5.35. The molecule has 0 radical (unpaired) electrons. The molecule has 0 saturated heterocycles. The Morgan fingerprint density at radius 2 is 1.83 bits per heavy atom. The van der Waals surface area contributed by atoms with Crippen LogP contribution < -0.4 is 9.64 Å². The van der Waals surface area contributed by atoms with E-state index in [4.69, 9.17) is 4.74 Å². The molecule has 0 fully saturated rings. The summed E-state index contributed by atoms with van der Waals surface area (Å²) in [4.78, 5) is 1.42. The molecule has 0 heterocycles. The Kier molecular flexibility index (Phi) is 6.23. The fourth-order valence-corrected chi connectivity index (χ4v) is 1.96. The molecule has 1 aromatic carbocycles. The van der Waals surface area contributed by atoms with Gasteiger partial charge in [0.25, 0.3) is 0 Å². The fraction of sp³-hybridized carbons (Fsp3) is 0.375. The molecule has 1 aromatic rings. The van der Waals surface area contributed by atoms with E-state index in [1.165, 1.54) is 16.0 Å². The first kappa shape index (κ1) is 14.5. The summed E-state index contributed by atoms with van der Waals surface area (Å²) in [6, 6.07) is 6.28. The predicted molar refractivity (Wildman–Crippen MR) is 77.4 cm³/mol. The van der Waals surface area contributed by atoms with E-state index in [1.807, 2.05) is 18.2 Å². The smallest absolute Gasteiger partial charge is 0.137 e. The molecule has 1 N–H and O–H groups in total. The number of quaternary nitrogens is 1. The van der Waals surface area contributed by atoms with Crippen LogP contribution in [0.25, 0.3) is 0 Å². The second-order valence-electron chi connectivity index (χ2n) is 4.60. The minimum Gasteiger partial charge on any atom is -0.487 e. The van der Waals surface area contributed by atoms with Gasteiger partial charge in [-0.25, -0.2) is 0 Å². The summed E-state index contributed by atoms with van der Waals surface area (Å²) in [6.07, 6.45) is 3.88. The van der Waals surface area contributed by atoms with E-state index >= 15 is 0 Å². The number of hydrogen-bond donors (Lipinski definition) is 1. The largest absolute Gasteiger partial charge is 0.487 e. The summed E-state index contributed by atoms with van der Waals surface area (Å²) in [6.45, 7) is 15.3. The highest BCUT2D eigenvalue weighted by Crippen LogP contribution is 2.18. The molecule has 0 spiro atoms. The zero-order valence-corrected chi connectivity index (χ0v) is 11.5. The maximum Gasteiger partial charge on any atom is 0.137 e. The van der Waals surface area contributed by atoms with Crippen molar-refractivity contribution in [2.45, 2.75) is 13.8 Å². The summed E-state index contributed by atoms with van der Waals surface area (Å²) < 4.78 is 5.83. The lowest BCUT2D eigenvalue weighted by molar-refractivity contribution is -0.888. The number of ether oxygens (including phenoxy) is 1. The second kappa shape index (κ2) is 7.72. The van der Waals surface area contributed by atoms with Crippen molar-refractivity contribution in [2.24, 2.45) is 0 Å². The zero-order valence-electron chi connectivity index (χ0n) is 11.5. The molecule has 2 nitrogen and oxygen atoms in total. The summed E-state index contributed by atoms with van der Waals surface area (Å²) in [5, 5.41) is 0. The molecule has 0 amide bonds.